The predicted molar refractivity (Wildman–Crippen MR) is 77.8 cm³/mol. The van der Waals surface area contributed by atoms with Crippen LogP contribution in [0, 0.1) is 12.3 Å². The van der Waals surface area contributed by atoms with Crippen LogP contribution < -0.4 is 10.6 Å². The van der Waals surface area contributed by atoms with E-state index in [4.69, 9.17) is 5.73 Å². The molecule has 0 unspecified atom stereocenters. The average Bonchev–Trinajstić information content (AvgIpc) is 2.42. The molecule has 0 saturated carbocycles. The first-order valence-electron chi connectivity index (χ1n) is 7.08. The number of aryl methyl sites for hydroxylation is 1. The van der Waals surface area contributed by atoms with Gasteiger partial charge in [0.15, 0.2) is 0 Å². The maximum Gasteiger partial charge on any atom is 0.128 e. The molecule has 0 spiro atoms. The number of aromatic nitrogens is 1. The highest BCUT2D eigenvalue weighted by Crippen LogP contribution is 2.38. The number of nitrogens with two attached hydrogens (primary N) is 1. The van der Waals surface area contributed by atoms with Gasteiger partial charge < -0.3 is 10.6 Å². The van der Waals surface area contributed by atoms with E-state index in [0.29, 0.717) is 5.41 Å². The maximum absolute atomic E-state index is 5.82. The Hall–Kier alpha value is -1.25. The Kier molecular flexibility index (Phi) is 3.79. The molecule has 1 fully saturated rings. The number of hydrogen-bond acceptors (Lipinski definition) is 3. The molecule has 1 aliphatic rings. The molecule has 0 atom stereocenters. The van der Waals surface area contributed by atoms with Crippen molar-refractivity contribution in [3.8, 4) is 0 Å². The Morgan fingerprint density at radius 1 is 1.22 bits per heavy atom. The SMILES string of the molecule is CCC1(CC)CCN(c2ccc(N)c(C)n2)CC1. The van der Waals surface area contributed by atoms with Crippen LogP contribution >= 0.6 is 0 Å². The number of hydrogen-bond donors (Lipinski definition) is 1. The second-order valence-electron chi connectivity index (χ2n) is 5.54. The van der Waals surface area contributed by atoms with Crippen LogP contribution in [0.4, 0.5) is 11.5 Å². The molecular formula is C15H25N3. The van der Waals surface area contributed by atoms with Crippen molar-refractivity contribution < 1.29 is 0 Å². The number of piperidine rings is 1. The van der Waals surface area contributed by atoms with Gasteiger partial charge in [-0.3, -0.25) is 0 Å². The molecular weight excluding hydrogens is 222 g/mol. The third-order valence-electron chi connectivity index (χ3n) is 4.76. The van der Waals surface area contributed by atoms with Gasteiger partial charge in [-0.2, -0.15) is 0 Å². The van der Waals surface area contributed by atoms with E-state index < -0.39 is 0 Å². The summed E-state index contributed by atoms with van der Waals surface area (Å²) in [7, 11) is 0. The monoisotopic (exact) mass is 247 g/mol. The standard InChI is InChI=1S/C15H25N3/c1-4-15(5-2)8-10-18(11-9-15)14-7-6-13(16)12(3)17-14/h6-7H,4-5,8-11,16H2,1-3H3. The molecule has 0 radical (unpaired) electrons. The second kappa shape index (κ2) is 5.17. The summed E-state index contributed by atoms with van der Waals surface area (Å²) in [5.41, 5.74) is 8.12. The molecule has 1 aliphatic heterocycles. The molecule has 0 bridgehead atoms. The van der Waals surface area contributed by atoms with Crippen molar-refractivity contribution in [2.75, 3.05) is 23.7 Å². The van der Waals surface area contributed by atoms with Gasteiger partial charge in [-0.15, -0.1) is 0 Å². The highest BCUT2D eigenvalue weighted by atomic mass is 15.2. The van der Waals surface area contributed by atoms with Crippen LogP contribution in [0.2, 0.25) is 0 Å². The normalized spacial score (nSPS) is 18.9. The minimum Gasteiger partial charge on any atom is -0.397 e. The predicted octanol–water partition coefficient (Wildman–Crippen LogP) is 3.38. The van der Waals surface area contributed by atoms with E-state index >= 15 is 0 Å². The fraction of sp³-hybridized carbons (Fsp3) is 0.667. The molecule has 100 valence electrons. The number of anilines is 2. The van der Waals surface area contributed by atoms with E-state index in [1.54, 1.807) is 0 Å². The lowest BCUT2D eigenvalue weighted by Gasteiger charge is -2.41. The molecule has 0 aromatic carbocycles. The van der Waals surface area contributed by atoms with E-state index in [9.17, 15) is 0 Å². The van der Waals surface area contributed by atoms with Gasteiger partial charge in [0.1, 0.15) is 5.82 Å². The summed E-state index contributed by atoms with van der Waals surface area (Å²) < 4.78 is 0. The third kappa shape index (κ3) is 2.45. The lowest BCUT2D eigenvalue weighted by atomic mass is 9.74. The first-order chi connectivity index (χ1) is 8.60. The minimum atomic E-state index is 0.569. The summed E-state index contributed by atoms with van der Waals surface area (Å²) in [5, 5.41) is 0. The van der Waals surface area contributed by atoms with Gasteiger partial charge in [-0.1, -0.05) is 26.7 Å². The molecule has 3 nitrogen and oxygen atoms in total. The Morgan fingerprint density at radius 3 is 2.33 bits per heavy atom. The molecule has 0 amide bonds. The lowest BCUT2D eigenvalue weighted by molar-refractivity contribution is 0.199. The lowest BCUT2D eigenvalue weighted by Crippen LogP contribution is -2.40. The Balaban J connectivity index is 2.07. The summed E-state index contributed by atoms with van der Waals surface area (Å²) in [6.07, 6.45) is 5.16. The number of pyridine rings is 1. The van der Waals surface area contributed by atoms with Gasteiger partial charge in [0.25, 0.3) is 0 Å². The molecule has 18 heavy (non-hydrogen) atoms. The Bertz CT molecular complexity index is 400. The first-order valence-corrected chi connectivity index (χ1v) is 7.08. The van der Waals surface area contributed by atoms with Gasteiger partial charge in [0.2, 0.25) is 0 Å². The van der Waals surface area contributed by atoms with Gasteiger partial charge in [-0.25, -0.2) is 4.98 Å². The molecule has 0 aliphatic carbocycles. The zero-order valence-electron chi connectivity index (χ0n) is 11.9. The van der Waals surface area contributed by atoms with Crippen LogP contribution in [-0.2, 0) is 0 Å². The molecule has 2 N–H and O–H groups in total. The largest absolute Gasteiger partial charge is 0.397 e. The van der Waals surface area contributed by atoms with E-state index in [1.165, 1.54) is 25.7 Å². The van der Waals surface area contributed by atoms with Gasteiger partial charge in [0.05, 0.1) is 11.4 Å². The summed E-state index contributed by atoms with van der Waals surface area (Å²) >= 11 is 0. The summed E-state index contributed by atoms with van der Waals surface area (Å²) in [6, 6.07) is 4.02. The van der Waals surface area contributed by atoms with Crippen LogP contribution in [0.3, 0.4) is 0 Å². The minimum absolute atomic E-state index is 0.569. The van der Waals surface area contributed by atoms with Crippen molar-refractivity contribution in [1.29, 1.82) is 0 Å². The fourth-order valence-corrected chi connectivity index (χ4v) is 2.90. The van der Waals surface area contributed by atoms with Crippen LogP contribution in [0.5, 0.6) is 0 Å². The summed E-state index contributed by atoms with van der Waals surface area (Å²) in [4.78, 5) is 7.00. The number of nitrogen functional groups attached to an aromatic ring is 1. The van der Waals surface area contributed by atoms with Gasteiger partial charge in [0, 0.05) is 13.1 Å². The zero-order valence-corrected chi connectivity index (χ0v) is 11.9. The van der Waals surface area contributed by atoms with Crippen molar-refractivity contribution in [1.82, 2.24) is 4.98 Å². The van der Waals surface area contributed by atoms with Crippen LogP contribution in [0.15, 0.2) is 12.1 Å². The molecule has 2 heterocycles. The molecule has 1 aromatic heterocycles. The van der Waals surface area contributed by atoms with E-state index in [0.717, 1.165) is 30.3 Å². The van der Waals surface area contributed by atoms with E-state index in [-0.39, 0.29) is 0 Å². The van der Waals surface area contributed by atoms with Crippen molar-refractivity contribution >= 4 is 11.5 Å². The first kappa shape index (κ1) is 13.2. The molecule has 1 saturated heterocycles. The number of rotatable bonds is 3. The van der Waals surface area contributed by atoms with Crippen LogP contribution in [-0.4, -0.2) is 18.1 Å². The molecule has 1 aromatic rings. The summed E-state index contributed by atoms with van der Waals surface area (Å²) in [6.45, 7) is 8.87. The third-order valence-corrected chi connectivity index (χ3v) is 4.76. The van der Waals surface area contributed by atoms with Crippen molar-refractivity contribution in [3.05, 3.63) is 17.8 Å². The summed E-state index contributed by atoms with van der Waals surface area (Å²) in [5.74, 6) is 1.09. The quantitative estimate of drug-likeness (QED) is 0.890. The van der Waals surface area contributed by atoms with Crippen molar-refractivity contribution in [3.63, 3.8) is 0 Å². The molecule has 2 rings (SSSR count). The van der Waals surface area contributed by atoms with E-state index in [2.05, 4.69) is 23.7 Å². The van der Waals surface area contributed by atoms with Crippen molar-refractivity contribution in [2.45, 2.75) is 46.5 Å². The van der Waals surface area contributed by atoms with Crippen molar-refractivity contribution in [2.24, 2.45) is 5.41 Å². The topological polar surface area (TPSA) is 42.1 Å². The average molecular weight is 247 g/mol. The van der Waals surface area contributed by atoms with E-state index in [1.807, 2.05) is 19.1 Å². The Labute approximate surface area is 110 Å². The molecule has 3 heteroatoms. The van der Waals surface area contributed by atoms with Gasteiger partial charge in [-0.05, 0) is 37.3 Å². The fourth-order valence-electron chi connectivity index (χ4n) is 2.90. The maximum atomic E-state index is 5.82. The second-order valence-corrected chi connectivity index (χ2v) is 5.54. The number of nitrogens with zero attached hydrogens (tertiary/aromatic N) is 2. The van der Waals surface area contributed by atoms with Crippen LogP contribution in [0.25, 0.3) is 0 Å². The van der Waals surface area contributed by atoms with Crippen LogP contribution in [0.1, 0.15) is 45.2 Å². The highest BCUT2D eigenvalue weighted by molar-refractivity contribution is 5.50. The van der Waals surface area contributed by atoms with Gasteiger partial charge >= 0.3 is 0 Å². The zero-order chi connectivity index (χ0) is 13.2. The highest BCUT2D eigenvalue weighted by Gasteiger charge is 2.31. The smallest absolute Gasteiger partial charge is 0.128 e. The Morgan fingerprint density at radius 2 is 1.83 bits per heavy atom.